The van der Waals surface area contributed by atoms with Crippen LogP contribution in [0.15, 0.2) is 0 Å². The average Bonchev–Trinajstić information content (AvgIpc) is 2.70. The zero-order valence-corrected chi connectivity index (χ0v) is 17.4. The largest absolute Gasteiger partial charge is 0.460 e. The van der Waals surface area contributed by atoms with Crippen molar-refractivity contribution in [3.63, 3.8) is 0 Å². The molecular weight excluding hydrogens is 681 g/mol. The molecule has 0 amide bonds. The van der Waals surface area contributed by atoms with Gasteiger partial charge in [-0.05, 0) is 0 Å². The number of rotatable bonds is 11. The summed E-state index contributed by atoms with van der Waals surface area (Å²) in [6.45, 7) is 0.681. The molecule has 0 aliphatic heterocycles. The fourth-order valence-corrected chi connectivity index (χ4v) is 2.18. The lowest BCUT2D eigenvalue weighted by atomic mass is 9.84. The van der Waals surface area contributed by atoms with Gasteiger partial charge in [0.1, 0.15) is 0 Å². The van der Waals surface area contributed by atoms with E-state index >= 15 is 0 Å². The molecule has 0 aliphatic carbocycles. The van der Waals surface area contributed by atoms with E-state index in [1.54, 1.807) is 0 Å². The van der Waals surface area contributed by atoms with E-state index in [9.17, 15) is 119 Å². The molecule has 0 saturated carbocycles. The Morgan fingerprint density at radius 1 is 0.195 bits per heavy atom. The summed E-state index contributed by atoms with van der Waals surface area (Å²) in [6, 6.07) is 0. The van der Waals surface area contributed by atoms with Gasteiger partial charge in [0.25, 0.3) is 0 Å². The van der Waals surface area contributed by atoms with Crippen LogP contribution in [0.1, 0.15) is 0 Å². The molecule has 0 nitrogen and oxygen atoms in total. The van der Waals surface area contributed by atoms with Gasteiger partial charge in [-0.15, -0.1) is 0 Å². The van der Waals surface area contributed by atoms with Gasteiger partial charge in [0.2, 0.25) is 0 Å². The summed E-state index contributed by atoms with van der Waals surface area (Å²) in [5, 5.41) is 0. The van der Waals surface area contributed by atoms with Gasteiger partial charge in [-0.25, -0.2) is 0 Å². The van der Waals surface area contributed by atoms with Crippen LogP contribution in [0.25, 0.3) is 0 Å². The molecule has 0 aromatic rings. The summed E-state index contributed by atoms with van der Waals surface area (Å²) in [5.41, 5.74) is 0. The van der Waals surface area contributed by atoms with E-state index in [4.69, 9.17) is 0 Å². The Balaban J connectivity index is 7.41. The molecule has 0 fully saturated rings. The normalized spacial score (nSPS) is 17.3. The highest BCUT2D eigenvalue weighted by Crippen LogP contribution is 2.68. The third kappa shape index (κ3) is 4.41. The number of hydrogen-bond donors (Lipinski definition) is 0. The van der Waals surface area contributed by atoms with Crippen molar-refractivity contribution < 1.29 is 119 Å². The maximum Gasteiger partial charge on any atom is 0.460 e. The summed E-state index contributed by atoms with van der Waals surface area (Å²) in [5.74, 6) is -109. The van der Waals surface area contributed by atoms with Gasteiger partial charge in [0.15, 0.2) is 0 Å². The van der Waals surface area contributed by atoms with E-state index in [0.717, 1.165) is 0 Å². The minimum Gasteiger partial charge on any atom is -0.200 e. The van der Waals surface area contributed by atoms with Crippen LogP contribution in [0.4, 0.5) is 119 Å². The molecule has 27 heteroatoms. The summed E-state index contributed by atoms with van der Waals surface area (Å²) in [4.78, 5) is 0. The van der Waals surface area contributed by atoms with Crippen LogP contribution in [-0.4, -0.2) is 77.2 Å². The maximum absolute atomic E-state index is 13.5. The van der Waals surface area contributed by atoms with Crippen molar-refractivity contribution in [1.29, 1.82) is 0 Å². The standard InChI is InChI=1S/C14H2F27/c1-2(15,16)3(17,18)4(19,20)5(21,22)6(23,24)7(25,26)8(27,28)9(29,30)10(31,32)11(33,34)12(35,36)13(37,38)14(39,40)41/h1H2. The molecule has 41 heavy (non-hydrogen) atoms. The molecule has 0 aromatic heterocycles. The molecule has 0 aliphatic rings. The van der Waals surface area contributed by atoms with Crippen molar-refractivity contribution in [2.75, 3.05) is 0 Å². The molecule has 0 saturated heterocycles. The van der Waals surface area contributed by atoms with E-state index < -0.39 is 77.2 Å². The van der Waals surface area contributed by atoms with Crippen LogP contribution < -0.4 is 0 Å². The van der Waals surface area contributed by atoms with E-state index in [-0.39, 0.29) is 0 Å². The fraction of sp³-hybridized carbons (Fsp3) is 0.929. The molecule has 0 N–H and O–H groups in total. The van der Waals surface area contributed by atoms with Gasteiger partial charge in [-0.1, -0.05) is 0 Å². The van der Waals surface area contributed by atoms with E-state index in [2.05, 4.69) is 0 Å². The first-order valence-corrected chi connectivity index (χ1v) is 8.46. The molecule has 0 atom stereocenters. The minimum absolute atomic E-state index is 0.681. The Hall–Kier alpha value is -1.89. The molecule has 0 unspecified atom stereocenters. The van der Waals surface area contributed by atoms with Crippen molar-refractivity contribution in [3.05, 3.63) is 6.92 Å². The van der Waals surface area contributed by atoms with Crippen molar-refractivity contribution in [3.8, 4) is 0 Å². The number of alkyl halides is 27. The highest BCUT2D eigenvalue weighted by Gasteiger charge is 3.00. The molecular formula is C14H2F27. The monoisotopic (exact) mass is 683 g/mol. The van der Waals surface area contributed by atoms with Crippen LogP contribution in [0.5, 0.6) is 0 Å². The van der Waals surface area contributed by atoms with E-state index in [1.807, 2.05) is 0 Å². The maximum atomic E-state index is 13.5. The minimum atomic E-state index is -9.75. The predicted molar refractivity (Wildman–Crippen MR) is 70.8 cm³/mol. The summed E-state index contributed by atoms with van der Waals surface area (Å²) in [7, 11) is 0. The van der Waals surface area contributed by atoms with Gasteiger partial charge in [0, 0.05) is 6.92 Å². The first-order valence-electron chi connectivity index (χ1n) is 8.46. The van der Waals surface area contributed by atoms with Gasteiger partial charge < -0.3 is 0 Å². The van der Waals surface area contributed by atoms with Crippen LogP contribution in [0.2, 0.25) is 0 Å². The molecule has 0 bridgehead atoms. The third-order valence-corrected chi connectivity index (χ3v) is 4.76. The topological polar surface area (TPSA) is 0 Å². The van der Waals surface area contributed by atoms with Gasteiger partial charge >= 0.3 is 77.2 Å². The second kappa shape index (κ2) is 9.06. The SMILES string of the molecule is [CH2]C(F)(F)C(F)(F)C(F)(F)C(F)(F)C(F)(F)C(F)(F)C(F)(F)C(F)(F)C(F)(F)C(F)(F)C(F)(F)C(F)(F)C(F)(F)F. The molecule has 247 valence electrons. The summed E-state index contributed by atoms with van der Waals surface area (Å²) in [6.07, 6.45) is -8.22. The Morgan fingerprint density at radius 3 is 0.439 bits per heavy atom. The highest BCUT2D eigenvalue weighted by molar-refractivity contribution is 5.20. The lowest BCUT2D eigenvalue weighted by Gasteiger charge is -2.45. The van der Waals surface area contributed by atoms with Crippen LogP contribution >= 0.6 is 0 Å². The first-order chi connectivity index (χ1) is 17.0. The van der Waals surface area contributed by atoms with Gasteiger partial charge in [-0.2, -0.15) is 119 Å². The Morgan fingerprint density at radius 2 is 0.317 bits per heavy atom. The zero-order chi connectivity index (χ0) is 34.5. The second-order valence-electron chi connectivity index (χ2n) is 7.52. The third-order valence-electron chi connectivity index (χ3n) is 4.76. The van der Waals surface area contributed by atoms with Gasteiger partial charge in [0.05, 0.1) is 0 Å². The van der Waals surface area contributed by atoms with E-state index in [1.165, 1.54) is 0 Å². The van der Waals surface area contributed by atoms with Crippen molar-refractivity contribution >= 4 is 0 Å². The van der Waals surface area contributed by atoms with Crippen molar-refractivity contribution in [1.82, 2.24) is 0 Å². The Labute approximate surface area is 204 Å². The lowest BCUT2D eigenvalue weighted by Crippen LogP contribution is -2.78. The molecule has 0 heterocycles. The Kier molecular flexibility index (Phi) is 8.64. The Bertz CT molecular complexity index is 879. The first kappa shape index (κ1) is 39.1. The average molecular weight is 683 g/mol. The predicted octanol–water partition coefficient (Wildman–Crippen LogP) is 9.01. The van der Waals surface area contributed by atoms with Crippen LogP contribution in [0.3, 0.4) is 0 Å². The fourth-order valence-electron chi connectivity index (χ4n) is 2.18. The van der Waals surface area contributed by atoms with Crippen LogP contribution in [0, 0.1) is 6.92 Å². The molecule has 1 radical (unpaired) electrons. The van der Waals surface area contributed by atoms with E-state index in [0.29, 0.717) is 6.92 Å². The number of halogens is 27. The smallest absolute Gasteiger partial charge is 0.200 e. The number of hydrogen-bond acceptors (Lipinski definition) is 0. The molecule has 0 rings (SSSR count). The quantitative estimate of drug-likeness (QED) is 0.191. The van der Waals surface area contributed by atoms with Gasteiger partial charge in [-0.3, -0.25) is 0 Å². The molecule has 0 aromatic carbocycles. The molecule has 0 spiro atoms. The second-order valence-corrected chi connectivity index (χ2v) is 7.52. The highest BCUT2D eigenvalue weighted by atomic mass is 19.4. The van der Waals surface area contributed by atoms with Crippen LogP contribution in [-0.2, 0) is 0 Å². The summed E-state index contributed by atoms with van der Waals surface area (Å²) < 4.78 is 352. The van der Waals surface area contributed by atoms with Crippen molar-refractivity contribution in [2.24, 2.45) is 0 Å². The lowest BCUT2D eigenvalue weighted by molar-refractivity contribution is -0.484. The zero-order valence-electron chi connectivity index (χ0n) is 17.4. The van der Waals surface area contributed by atoms with Crippen molar-refractivity contribution in [2.45, 2.75) is 77.2 Å². The summed E-state index contributed by atoms with van der Waals surface area (Å²) >= 11 is 0.